The fraction of sp³-hybridized carbons (Fsp3) is 0.444. The van der Waals surface area contributed by atoms with E-state index in [9.17, 15) is 9.59 Å². The molecule has 1 aliphatic heterocycles. The first-order valence-electron chi connectivity index (χ1n) is 8.31. The molecule has 0 bridgehead atoms. The molecule has 0 spiro atoms. The number of aromatic nitrogens is 1. The second kappa shape index (κ2) is 7.21. The number of amides is 1. The monoisotopic (exact) mass is 345 g/mol. The molecule has 0 radical (unpaired) electrons. The first kappa shape index (κ1) is 16.8. The van der Waals surface area contributed by atoms with Gasteiger partial charge in [0.2, 0.25) is 5.91 Å². The van der Waals surface area contributed by atoms with Crippen molar-refractivity contribution in [1.82, 2.24) is 9.88 Å². The quantitative estimate of drug-likeness (QED) is 0.925. The van der Waals surface area contributed by atoms with Crippen LogP contribution >= 0.6 is 11.3 Å². The minimum Gasteiger partial charge on any atom is -0.371 e. The predicted octanol–water partition coefficient (Wildman–Crippen LogP) is 2.31. The zero-order valence-corrected chi connectivity index (χ0v) is 14.9. The Labute approximate surface area is 145 Å². The zero-order valence-electron chi connectivity index (χ0n) is 14.1. The molecule has 0 aliphatic carbocycles. The molecule has 0 unspecified atom stereocenters. The second-order valence-electron chi connectivity index (χ2n) is 6.26. The van der Waals surface area contributed by atoms with E-state index in [1.807, 2.05) is 32.0 Å². The minimum atomic E-state index is -0.0730. The van der Waals surface area contributed by atoms with Gasteiger partial charge in [-0.25, -0.2) is 0 Å². The molecule has 2 aromatic rings. The van der Waals surface area contributed by atoms with E-state index >= 15 is 0 Å². The summed E-state index contributed by atoms with van der Waals surface area (Å²) in [6.07, 6.45) is 1.86. The van der Waals surface area contributed by atoms with Crippen LogP contribution in [-0.2, 0) is 11.3 Å². The average Bonchev–Trinajstić information content (AvgIpc) is 2.82. The number of nitrogens with zero attached hydrogens (tertiary/aromatic N) is 2. The molecule has 24 heavy (non-hydrogen) atoms. The normalized spacial score (nSPS) is 15.5. The highest BCUT2D eigenvalue weighted by molar-refractivity contribution is 7.09. The van der Waals surface area contributed by atoms with E-state index in [1.165, 1.54) is 17.0 Å². The fourth-order valence-corrected chi connectivity index (χ4v) is 3.94. The first-order valence-corrected chi connectivity index (χ1v) is 9.12. The van der Waals surface area contributed by atoms with Gasteiger partial charge >= 0.3 is 4.87 Å². The van der Waals surface area contributed by atoms with Gasteiger partial charge in [-0.3, -0.25) is 14.2 Å². The summed E-state index contributed by atoms with van der Waals surface area (Å²) in [5, 5.41) is 3.08. The van der Waals surface area contributed by atoms with Crippen LogP contribution < -0.4 is 15.1 Å². The molecule has 1 aliphatic rings. The van der Waals surface area contributed by atoms with E-state index in [1.54, 1.807) is 4.57 Å². The molecule has 2 heterocycles. The summed E-state index contributed by atoms with van der Waals surface area (Å²) in [7, 11) is 0. The minimum absolute atomic E-state index is 0.0564. The van der Waals surface area contributed by atoms with Gasteiger partial charge in [0.15, 0.2) is 0 Å². The molecule has 1 saturated heterocycles. The summed E-state index contributed by atoms with van der Waals surface area (Å²) in [5.74, 6) is -0.0730. The van der Waals surface area contributed by atoms with E-state index in [2.05, 4.69) is 22.3 Å². The van der Waals surface area contributed by atoms with Crippen molar-refractivity contribution < 1.29 is 4.79 Å². The Morgan fingerprint density at radius 1 is 1.21 bits per heavy atom. The molecule has 128 valence electrons. The zero-order chi connectivity index (χ0) is 17.1. The highest BCUT2D eigenvalue weighted by Crippen LogP contribution is 2.19. The Kier molecular flexibility index (Phi) is 5.04. The number of rotatable bonds is 4. The van der Waals surface area contributed by atoms with E-state index in [-0.39, 0.29) is 23.4 Å². The van der Waals surface area contributed by atoms with E-state index < -0.39 is 0 Å². The maximum Gasteiger partial charge on any atom is 0.308 e. The highest BCUT2D eigenvalue weighted by atomic mass is 32.1. The van der Waals surface area contributed by atoms with Crippen molar-refractivity contribution >= 4 is 22.9 Å². The lowest BCUT2D eigenvalue weighted by Crippen LogP contribution is -2.46. The first-order chi connectivity index (χ1) is 11.5. The van der Waals surface area contributed by atoms with Crippen LogP contribution in [0.3, 0.4) is 0 Å². The molecule has 1 aromatic heterocycles. The number of carbonyl (C=O) groups is 1. The van der Waals surface area contributed by atoms with Crippen LogP contribution in [0.2, 0.25) is 0 Å². The third-order valence-corrected chi connectivity index (χ3v) is 5.65. The van der Waals surface area contributed by atoms with Gasteiger partial charge in [0.05, 0.1) is 0 Å². The van der Waals surface area contributed by atoms with Gasteiger partial charge in [-0.2, -0.15) is 0 Å². The molecule has 1 amide bonds. The number of piperidine rings is 1. The van der Waals surface area contributed by atoms with E-state index in [0.29, 0.717) is 0 Å². The summed E-state index contributed by atoms with van der Waals surface area (Å²) in [5.41, 5.74) is 2.12. The van der Waals surface area contributed by atoms with Gasteiger partial charge in [-0.05, 0) is 38.8 Å². The molecule has 1 N–H and O–H groups in total. The van der Waals surface area contributed by atoms with Crippen molar-refractivity contribution in [2.75, 3.05) is 18.0 Å². The number of carbonyl (C=O) groups excluding carboxylic acids is 1. The Morgan fingerprint density at radius 2 is 1.88 bits per heavy atom. The summed E-state index contributed by atoms with van der Waals surface area (Å²) in [6.45, 7) is 5.79. The van der Waals surface area contributed by atoms with Crippen LogP contribution in [0.5, 0.6) is 0 Å². The number of hydrogen-bond donors (Lipinski definition) is 1. The summed E-state index contributed by atoms with van der Waals surface area (Å²) in [4.78, 5) is 27.4. The van der Waals surface area contributed by atoms with Crippen LogP contribution in [0.25, 0.3) is 0 Å². The van der Waals surface area contributed by atoms with Crippen molar-refractivity contribution in [2.45, 2.75) is 39.3 Å². The summed E-state index contributed by atoms with van der Waals surface area (Å²) >= 11 is 1.20. The van der Waals surface area contributed by atoms with Crippen LogP contribution in [0, 0.1) is 13.8 Å². The van der Waals surface area contributed by atoms with Crippen molar-refractivity contribution in [1.29, 1.82) is 0 Å². The van der Waals surface area contributed by atoms with Gasteiger partial charge in [-0.1, -0.05) is 29.5 Å². The number of hydrogen-bond acceptors (Lipinski definition) is 4. The van der Waals surface area contributed by atoms with Crippen molar-refractivity contribution in [3.8, 4) is 0 Å². The van der Waals surface area contributed by atoms with Crippen molar-refractivity contribution in [3.63, 3.8) is 0 Å². The smallest absolute Gasteiger partial charge is 0.308 e. The molecule has 0 saturated carbocycles. The van der Waals surface area contributed by atoms with Crippen molar-refractivity contribution in [3.05, 3.63) is 50.6 Å². The summed E-state index contributed by atoms with van der Waals surface area (Å²) in [6, 6.07) is 10.5. The fourth-order valence-electron chi connectivity index (χ4n) is 3.11. The Hall–Kier alpha value is -2.08. The molecule has 1 fully saturated rings. The lowest BCUT2D eigenvalue weighted by molar-refractivity contribution is -0.122. The molecule has 5 nitrogen and oxygen atoms in total. The molecule has 1 aromatic carbocycles. The molecular weight excluding hydrogens is 322 g/mol. The third kappa shape index (κ3) is 3.70. The van der Waals surface area contributed by atoms with Gasteiger partial charge in [0, 0.05) is 35.4 Å². The Bertz CT molecular complexity index is 758. The molecule has 3 rings (SSSR count). The van der Waals surface area contributed by atoms with Gasteiger partial charge < -0.3 is 10.2 Å². The lowest BCUT2D eigenvalue weighted by atomic mass is 10.0. The Morgan fingerprint density at radius 3 is 2.46 bits per heavy atom. The Balaban J connectivity index is 1.52. The van der Waals surface area contributed by atoms with Crippen LogP contribution in [-0.4, -0.2) is 29.6 Å². The SMILES string of the molecule is Cc1sc(=O)n(CC(=O)NC2CCN(c3ccccc3)CC2)c1C. The van der Waals surface area contributed by atoms with Gasteiger partial charge in [0.25, 0.3) is 0 Å². The number of para-hydroxylation sites is 1. The number of thiazole rings is 1. The summed E-state index contributed by atoms with van der Waals surface area (Å²) < 4.78 is 1.56. The topological polar surface area (TPSA) is 54.3 Å². The number of aryl methyl sites for hydroxylation is 1. The average molecular weight is 345 g/mol. The second-order valence-corrected chi connectivity index (χ2v) is 7.43. The van der Waals surface area contributed by atoms with Crippen LogP contribution in [0.1, 0.15) is 23.4 Å². The molecule has 0 atom stereocenters. The van der Waals surface area contributed by atoms with Gasteiger partial charge in [0.1, 0.15) is 6.54 Å². The number of nitrogens with one attached hydrogen (secondary N) is 1. The molecular formula is C18H23N3O2S. The maximum atomic E-state index is 12.3. The lowest BCUT2D eigenvalue weighted by Gasteiger charge is -2.34. The van der Waals surface area contributed by atoms with Crippen LogP contribution in [0.15, 0.2) is 35.1 Å². The standard InChI is InChI=1S/C18H23N3O2S/c1-13-14(2)24-18(23)21(13)12-17(22)19-15-8-10-20(11-9-15)16-6-4-3-5-7-16/h3-7,15H,8-12H2,1-2H3,(H,19,22). The largest absolute Gasteiger partial charge is 0.371 e. The van der Waals surface area contributed by atoms with E-state index in [4.69, 9.17) is 0 Å². The molecule has 6 heteroatoms. The maximum absolute atomic E-state index is 12.3. The van der Waals surface area contributed by atoms with E-state index in [0.717, 1.165) is 36.5 Å². The van der Waals surface area contributed by atoms with Crippen molar-refractivity contribution in [2.24, 2.45) is 0 Å². The highest BCUT2D eigenvalue weighted by Gasteiger charge is 2.21. The van der Waals surface area contributed by atoms with Gasteiger partial charge in [-0.15, -0.1) is 0 Å². The predicted molar refractivity (Wildman–Crippen MR) is 97.9 cm³/mol. The third-order valence-electron chi connectivity index (χ3n) is 4.66. The van der Waals surface area contributed by atoms with Crippen LogP contribution in [0.4, 0.5) is 5.69 Å². The number of anilines is 1. The number of benzene rings is 1.